The van der Waals surface area contributed by atoms with Gasteiger partial charge in [0.05, 0.1) is 5.56 Å². The van der Waals surface area contributed by atoms with Crippen molar-refractivity contribution in [1.29, 1.82) is 0 Å². The summed E-state index contributed by atoms with van der Waals surface area (Å²) < 4.78 is 0. The molecule has 0 spiro atoms. The summed E-state index contributed by atoms with van der Waals surface area (Å²) in [5, 5.41) is 9.62. The highest BCUT2D eigenvalue weighted by Gasteiger charge is 2.29. The van der Waals surface area contributed by atoms with Gasteiger partial charge in [-0.25, -0.2) is 0 Å². The number of carbonyl (C=O) groups is 1. The molecule has 3 rings (SSSR count). The first-order valence-corrected chi connectivity index (χ1v) is 7.08. The molecule has 0 bridgehead atoms. The zero-order valence-corrected chi connectivity index (χ0v) is 11.9. The summed E-state index contributed by atoms with van der Waals surface area (Å²) in [4.78, 5) is 14.7. The first kappa shape index (κ1) is 13.5. The number of carbonyl (C=O) groups excluding carboxylic acids is 1. The fraction of sp³-hybridized carbons (Fsp3) is 0.235. The van der Waals surface area contributed by atoms with Gasteiger partial charge in [-0.2, -0.15) is 0 Å². The van der Waals surface area contributed by atoms with E-state index >= 15 is 0 Å². The molecule has 2 aromatic rings. The van der Waals surface area contributed by atoms with Crippen molar-refractivity contribution in [2.45, 2.75) is 25.8 Å². The van der Waals surface area contributed by atoms with Crippen LogP contribution in [0.25, 0.3) is 0 Å². The van der Waals surface area contributed by atoms with E-state index in [2.05, 4.69) is 0 Å². The van der Waals surface area contributed by atoms with E-state index in [9.17, 15) is 9.90 Å². The number of hydrogen-bond donors (Lipinski definition) is 2. The third-order valence-corrected chi connectivity index (χ3v) is 4.01. The Morgan fingerprint density at radius 3 is 2.86 bits per heavy atom. The van der Waals surface area contributed by atoms with Crippen LogP contribution in [0.4, 0.5) is 11.4 Å². The molecule has 1 aliphatic rings. The van der Waals surface area contributed by atoms with E-state index in [1.54, 1.807) is 11.0 Å². The van der Waals surface area contributed by atoms with Gasteiger partial charge in [-0.1, -0.05) is 18.2 Å². The van der Waals surface area contributed by atoms with Crippen molar-refractivity contribution in [3.63, 3.8) is 0 Å². The number of nitrogens with zero attached hydrogens (tertiary/aromatic N) is 1. The number of para-hydroxylation sites is 1. The van der Waals surface area contributed by atoms with E-state index in [4.69, 9.17) is 5.73 Å². The SMILES string of the molecule is CC1CCc2ccccc2N1C(=O)c1cc(O)ccc1N. The Morgan fingerprint density at radius 2 is 2.05 bits per heavy atom. The zero-order chi connectivity index (χ0) is 15.0. The zero-order valence-electron chi connectivity index (χ0n) is 11.9. The second-order valence-corrected chi connectivity index (χ2v) is 5.46. The second-order valence-electron chi connectivity index (χ2n) is 5.46. The molecule has 0 radical (unpaired) electrons. The normalized spacial score (nSPS) is 17.4. The van der Waals surface area contributed by atoms with Crippen molar-refractivity contribution in [3.05, 3.63) is 53.6 Å². The molecule has 1 heterocycles. The van der Waals surface area contributed by atoms with Gasteiger partial charge in [-0.05, 0) is 49.6 Å². The molecule has 0 aliphatic carbocycles. The fourth-order valence-electron chi connectivity index (χ4n) is 2.86. The maximum absolute atomic E-state index is 12.9. The van der Waals surface area contributed by atoms with Crippen LogP contribution >= 0.6 is 0 Å². The Hall–Kier alpha value is -2.49. The molecule has 1 unspecified atom stereocenters. The molecule has 0 aromatic heterocycles. The number of nitrogens with two attached hydrogens (primary N) is 1. The summed E-state index contributed by atoms with van der Waals surface area (Å²) in [5.41, 5.74) is 8.74. The Kier molecular flexibility index (Phi) is 3.29. The first-order chi connectivity index (χ1) is 10.1. The van der Waals surface area contributed by atoms with E-state index < -0.39 is 0 Å². The van der Waals surface area contributed by atoms with Gasteiger partial charge in [-0.15, -0.1) is 0 Å². The van der Waals surface area contributed by atoms with Gasteiger partial charge in [0, 0.05) is 17.4 Å². The van der Waals surface area contributed by atoms with Crippen LogP contribution in [0.1, 0.15) is 29.3 Å². The monoisotopic (exact) mass is 282 g/mol. The highest BCUT2D eigenvalue weighted by molar-refractivity contribution is 6.10. The van der Waals surface area contributed by atoms with E-state index in [1.807, 2.05) is 31.2 Å². The third kappa shape index (κ3) is 2.33. The molecule has 4 nitrogen and oxygen atoms in total. The number of fused-ring (bicyclic) bond motifs is 1. The number of amides is 1. The van der Waals surface area contributed by atoms with E-state index in [0.29, 0.717) is 11.3 Å². The molecule has 0 saturated carbocycles. The second kappa shape index (κ2) is 5.13. The Labute approximate surface area is 123 Å². The molecular weight excluding hydrogens is 264 g/mol. The summed E-state index contributed by atoms with van der Waals surface area (Å²) in [6.45, 7) is 2.03. The van der Waals surface area contributed by atoms with Crippen LogP contribution in [0.5, 0.6) is 5.75 Å². The van der Waals surface area contributed by atoms with E-state index in [-0.39, 0.29) is 17.7 Å². The largest absolute Gasteiger partial charge is 0.508 e. The maximum atomic E-state index is 12.9. The van der Waals surface area contributed by atoms with Crippen LogP contribution in [0.2, 0.25) is 0 Å². The lowest BCUT2D eigenvalue weighted by atomic mass is 9.95. The average molecular weight is 282 g/mol. The van der Waals surface area contributed by atoms with E-state index in [0.717, 1.165) is 18.5 Å². The number of anilines is 2. The quantitative estimate of drug-likeness (QED) is 0.624. The molecule has 1 amide bonds. The van der Waals surface area contributed by atoms with Crippen molar-refractivity contribution < 1.29 is 9.90 Å². The molecule has 21 heavy (non-hydrogen) atoms. The van der Waals surface area contributed by atoms with Gasteiger partial charge in [0.1, 0.15) is 5.75 Å². The molecule has 4 heteroatoms. The minimum Gasteiger partial charge on any atom is -0.508 e. The number of phenols is 1. The first-order valence-electron chi connectivity index (χ1n) is 7.08. The third-order valence-electron chi connectivity index (χ3n) is 4.01. The number of rotatable bonds is 1. The molecule has 1 atom stereocenters. The van der Waals surface area contributed by atoms with Crippen LogP contribution in [0.3, 0.4) is 0 Å². The number of phenolic OH excluding ortho intramolecular Hbond substituents is 1. The molecule has 0 fully saturated rings. The summed E-state index contributed by atoms with van der Waals surface area (Å²) in [6, 6.07) is 12.5. The average Bonchev–Trinajstić information content (AvgIpc) is 2.49. The molecule has 108 valence electrons. The van der Waals surface area contributed by atoms with Crippen LogP contribution in [0.15, 0.2) is 42.5 Å². The Morgan fingerprint density at radius 1 is 1.29 bits per heavy atom. The predicted octanol–water partition coefficient (Wildman–Crippen LogP) is 2.96. The maximum Gasteiger partial charge on any atom is 0.260 e. The summed E-state index contributed by atoms with van der Waals surface area (Å²) in [5.74, 6) is -0.117. The highest BCUT2D eigenvalue weighted by atomic mass is 16.3. The lowest BCUT2D eigenvalue weighted by Gasteiger charge is -2.35. The smallest absolute Gasteiger partial charge is 0.260 e. The van der Waals surface area contributed by atoms with Gasteiger partial charge in [0.2, 0.25) is 0 Å². The molecular formula is C17H18N2O2. The van der Waals surface area contributed by atoms with Gasteiger partial charge in [-0.3, -0.25) is 4.79 Å². The number of aryl methyl sites for hydroxylation is 1. The summed E-state index contributed by atoms with van der Waals surface area (Å²) in [6.07, 6.45) is 1.89. The summed E-state index contributed by atoms with van der Waals surface area (Å²) in [7, 11) is 0. The van der Waals surface area contributed by atoms with Crippen LogP contribution < -0.4 is 10.6 Å². The van der Waals surface area contributed by atoms with Crippen molar-refractivity contribution in [2.75, 3.05) is 10.6 Å². The van der Waals surface area contributed by atoms with E-state index in [1.165, 1.54) is 17.7 Å². The van der Waals surface area contributed by atoms with Crippen molar-refractivity contribution in [3.8, 4) is 5.75 Å². The fourth-order valence-corrected chi connectivity index (χ4v) is 2.86. The highest BCUT2D eigenvalue weighted by Crippen LogP contribution is 2.33. The topological polar surface area (TPSA) is 66.6 Å². The van der Waals surface area contributed by atoms with Gasteiger partial charge in [0.15, 0.2) is 0 Å². The lowest BCUT2D eigenvalue weighted by Crippen LogP contribution is -2.42. The summed E-state index contributed by atoms with van der Waals surface area (Å²) >= 11 is 0. The van der Waals surface area contributed by atoms with Crippen LogP contribution in [0, 0.1) is 0 Å². The Balaban J connectivity index is 2.07. The van der Waals surface area contributed by atoms with Gasteiger partial charge >= 0.3 is 0 Å². The standard InChI is InChI=1S/C17H18N2O2/c1-11-6-7-12-4-2-3-5-16(12)19(11)17(21)14-10-13(20)8-9-15(14)18/h2-5,8-11,20H,6-7,18H2,1H3. The Bertz CT molecular complexity index is 697. The van der Waals surface area contributed by atoms with Gasteiger partial charge in [0.25, 0.3) is 5.91 Å². The molecule has 2 aromatic carbocycles. The molecule has 3 N–H and O–H groups in total. The van der Waals surface area contributed by atoms with Crippen LogP contribution in [-0.4, -0.2) is 17.1 Å². The molecule has 1 aliphatic heterocycles. The number of aromatic hydroxyl groups is 1. The number of hydrogen-bond acceptors (Lipinski definition) is 3. The molecule has 0 saturated heterocycles. The minimum atomic E-state index is -0.164. The number of nitrogen functional groups attached to an aromatic ring is 1. The van der Waals surface area contributed by atoms with Crippen molar-refractivity contribution in [2.24, 2.45) is 0 Å². The number of benzene rings is 2. The predicted molar refractivity (Wildman–Crippen MR) is 83.6 cm³/mol. The minimum absolute atomic E-state index is 0.0468. The van der Waals surface area contributed by atoms with Crippen molar-refractivity contribution >= 4 is 17.3 Å². The van der Waals surface area contributed by atoms with Crippen molar-refractivity contribution in [1.82, 2.24) is 0 Å². The lowest BCUT2D eigenvalue weighted by molar-refractivity contribution is 0.0975. The van der Waals surface area contributed by atoms with Crippen LogP contribution in [-0.2, 0) is 6.42 Å². The van der Waals surface area contributed by atoms with Gasteiger partial charge < -0.3 is 15.7 Å².